The van der Waals surface area contributed by atoms with Crippen LogP contribution >= 0.6 is 7.14 Å². The summed E-state index contributed by atoms with van der Waals surface area (Å²) in [5.74, 6) is 1.35. The maximum Gasteiger partial charge on any atom is 0.0904 e. The Labute approximate surface area is 103 Å². The van der Waals surface area contributed by atoms with Crippen molar-refractivity contribution in [2.75, 3.05) is 12.3 Å². The third kappa shape index (κ3) is 6.09. The van der Waals surface area contributed by atoms with E-state index in [9.17, 15) is 4.57 Å². The summed E-state index contributed by atoms with van der Waals surface area (Å²) in [6, 6.07) is 0. The summed E-state index contributed by atoms with van der Waals surface area (Å²) in [6.07, 6.45) is 5.24. The summed E-state index contributed by atoms with van der Waals surface area (Å²) in [7, 11) is -1.92. The van der Waals surface area contributed by atoms with Crippen LogP contribution < -0.4 is 0 Å². The van der Waals surface area contributed by atoms with Crippen molar-refractivity contribution >= 4 is 7.14 Å². The Balaban J connectivity index is 4.43. The van der Waals surface area contributed by atoms with Crippen LogP contribution in [0.3, 0.4) is 0 Å². The average molecular weight is 246 g/mol. The van der Waals surface area contributed by atoms with Gasteiger partial charge < -0.3 is 4.57 Å². The van der Waals surface area contributed by atoms with Crippen molar-refractivity contribution in [1.82, 2.24) is 0 Å². The van der Waals surface area contributed by atoms with Crippen LogP contribution in [0.2, 0.25) is 0 Å². The zero-order valence-electron chi connectivity index (χ0n) is 12.1. The molecule has 0 heterocycles. The van der Waals surface area contributed by atoms with E-state index in [1.165, 1.54) is 0 Å². The van der Waals surface area contributed by atoms with Crippen LogP contribution in [-0.2, 0) is 4.57 Å². The van der Waals surface area contributed by atoms with Crippen LogP contribution in [-0.4, -0.2) is 18.0 Å². The maximum absolute atomic E-state index is 13.0. The number of hydrogen-bond donors (Lipinski definition) is 0. The molecule has 0 aliphatic rings. The minimum absolute atomic E-state index is 0.421. The molecule has 98 valence electrons. The minimum atomic E-state index is -1.92. The highest BCUT2D eigenvalue weighted by molar-refractivity contribution is 7.64. The van der Waals surface area contributed by atoms with Crippen molar-refractivity contribution in [2.45, 2.75) is 66.5 Å². The summed E-state index contributed by atoms with van der Waals surface area (Å²) < 4.78 is 13.0. The molecular weight excluding hydrogens is 215 g/mol. The zero-order valence-corrected chi connectivity index (χ0v) is 13.0. The number of rotatable bonds is 8. The second-order valence-corrected chi connectivity index (χ2v) is 9.70. The Morgan fingerprint density at radius 3 is 1.50 bits per heavy atom. The largest absolute Gasteiger partial charge is 0.323 e. The quantitative estimate of drug-likeness (QED) is 0.535. The molecule has 0 N–H and O–H groups in total. The van der Waals surface area contributed by atoms with Crippen LogP contribution in [0.15, 0.2) is 0 Å². The van der Waals surface area contributed by atoms with E-state index in [0.29, 0.717) is 17.5 Å². The highest BCUT2D eigenvalue weighted by atomic mass is 31.2. The molecule has 0 aromatic carbocycles. The Hall–Kier alpha value is 0.230. The molecule has 0 bridgehead atoms. The lowest BCUT2D eigenvalue weighted by atomic mass is 10.2. The van der Waals surface area contributed by atoms with Crippen LogP contribution in [0.4, 0.5) is 0 Å². The van der Waals surface area contributed by atoms with E-state index in [1.54, 1.807) is 0 Å². The topological polar surface area (TPSA) is 17.1 Å². The van der Waals surface area contributed by atoms with E-state index in [-0.39, 0.29) is 0 Å². The first kappa shape index (κ1) is 16.2. The molecule has 1 unspecified atom stereocenters. The lowest BCUT2D eigenvalue weighted by Crippen LogP contribution is -2.11. The second kappa shape index (κ2) is 7.54. The fourth-order valence-electron chi connectivity index (χ4n) is 1.84. The normalized spacial score (nSPS) is 14.8. The molecule has 0 aliphatic carbocycles. The molecule has 0 fully saturated rings. The molecule has 0 saturated carbocycles. The van der Waals surface area contributed by atoms with Gasteiger partial charge in [-0.1, -0.05) is 41.5 Å². The first-order chi connectivity index (χ1) is 7.31. The predicted molar refractivity (Wildman–Crippen MR) is 76.0 cm³/mol. The van der Waals surface area contributed by atoms with Gasteiger partial charge in [-0.15, -0.1) is 0 Å². The van der Waals surface area contributed by atoms with E-state index in [4.69, 9.17) is 0 Å². The predicted octanol–water partition coefficient (Wildman–Crippen LogP) is 5.24. The summed E-state index contributed by atoms with van der Waals surface area (Å²) in [4.78, 5) is 0. The lowest BCUT2D eigenvalue weighted by molar-refractivity contribution is 0.539. The van der Waals surface area contributed by atoms with E-state index in [2.05, 4.69) is 41.5 Å². The zero-order chi connectivity index (χ0) is 12.8. The minimum Gasteiger partial charge on any atom is -0.323 e. The Kier molecular flexibility index (Phi) is 7.64. The molecule has 0 aromatic heterocycles. The molecule has 1 nitrogen and oxygen atoms in total. The van der Waals surface area contributed by atoms with Crippen LogP contribution in [0.1, 0.15) is 60.8 Å². The molecule has 0 spiro atoms. The van der Waals surface area contributed by atoms with Crippen molar-refractivity contribution in [2.24, 2.45) is 11.8 Å². The van der Waals surface area contributed by atoms with Gasteiger partial charge in [0.1, 0.15) is 0 Å². The van der Waals surface area contributed by atoms with Gasteiger partial charge in [0.25, 0.3) is 0 Å². The van der Waals surface area contributed by atoms with Gasteiger partial charge in [-0.25, -0.2) is 0 Å². The molecule has 16 heavy (non-hydrogen) atoms. The van der Waals surface area contributed by atoms with Crippen molar-refractivity contribution in [3.05, 3.63) is 0 Å². The van der Waals surface area contributed by atoms with Crippen LogP contribution in [0, 0.1) is 11.8 Å². The summed E-state index contributed by atoms with van der Waals surface area (Å²) >= 11 is 0. The van der Waals surface area contributed by atoms with Crippen LogP contribution in [0.5, 0.6) is 0 Å². The smallest absolute Gasteiger partial charge is 0.0904 e. The van der Waals surface area contributed by atoms with Crippen molar-refractivity contribution in [3.8, 4) is 0 Å². The van der Waals surface area contributed by atoms with Gasteiger partial charge in [0.15, 0.2) is 0 Å². The Morgan fingerprint density at radius 2 is 1.25 bits per heavy atom. The third-order valence-electron chi connectivity index (χ3n) is 3.56. The molecule has 0 aliphatic heterocycles. The summed E-state index contributed by atoms with van der Waals surface area (Å²) in [5.41, 5.74) is 0.421. The average Bonchev–Trinajstić information content (AvgIpc) is 2.22. The van der Waals surface area contributed by atoms with E-state index >= 15 is 0 Å². The Morgan fingerprint density at radius 1 is 0.875 bits per heavy atom. The van der Waals surface area contributed by atoms with E-state index in [0.717, 1.165) is 31.6 Å². The highest BCUT2D eigenvalue weighted by Gasteiger charge is 2.27. The van der Waals surface area contributed by atoms with Gasteiger partial charge in [-0.3, -0.25) is 0 Å². The first-order valence-corrected chi connectivity index (χ1v) is 9.04. The molecule has 0 saturated heterocycles. The number of hydrogen-bond acceptors (Lipinski definition) is 1. The molecule has 1 atom stereocenters. The van der Waals surface area contributed by atoms with Crippen LogP contribution in [0.25, 0.3) is 0 Å². The maximum atomic E-state index is 13.0. The van der Waals surface area contributed by atoms with Gasteiger partial charge in [0, 0.05) is 18.0 Å². The SMILES string of the molecule is CCC(C)P(=O)(CCC(C)C)CCC(C)C. The van der Waals surface area contributed by atoms with Gasteiger partial charge in [0.2, 0.25) is 0 Å². The second-order valence-electron chi connectivity index (χ2n) is 6.02. The van der Waals surface area contributed by atoms with Crippen molar-refractivity contribution in [1.29, 1.82) is 0 Å². The third-order valence-corrected chi connectivity index (χ3v) is 7.57. The van der Waals surface area contributed by atoms with E-state index < -0.39 is 7.14 Å². The van der Waals surface area contributed by atoms with Gasteiger partial charge >= 0.3 is 0 Å². The monoisotopic (exact) mass is 246 g/mol. The lowest BCUT2D eigenvalue weighted by Gasteiger charge is -2.25. The van der Waals surface area contributed by atoms with Gasteiger partial charge in [0.05, 0.1) is 7.14 Å². The summed E-state index contributed by atoms with van der Waals surface area (Å²) in [5, 5.41) is 0. The van der Waals surface area contributed by atoms with Gasteiger partial charge in [-0.05, 0) is 31.1 Å². The molecule has 2 heteroatoms. The fourth-order valence-corrected chi connectivity index (χ4v) is 5.52. The first-order valence-electron chi connectivity index (χ1n) is 6.89. The summed E-state index contributed by atoms with van der Waals surface area (Å²) in [6.45, 7) is 13.3. The fraction of sp³-hybridized carbons (Fsp3) is 1.00. The van der Waals surface area contributed by atoms with E-state index in [1.807, 2.05) is 0 Å². The van der Waals surface area contributed by atoms with Gasteiger partial charge in [-0.2, -0.15) is 0 Å². The molecule has 0 rings (SSSR count). The molecule has 0 aromatic rings. The van der Waals surface area contributed by atoms with Crippen molar-refractivity contribution < 1.29 is 4.57 Å². The molecule has 0 radical (unpaired) electrons. The van der Waals surface area contributed by atoms with Crippen molar-refractivity contribution in [3.63, 3.8) is 0 Å². The highest BCUT2D eigenvalue weighted by Crippen LogP contribution is 2.53. The Bertz CT molecular complexity index is 205. The molecule has 0 amide bonds. The standard InChI is InChI=1S/C14H31OP/c1-7-14(6)16(15,10-8-12(2)3)11-9-13(4)5/h12-14H,7-11H2,1-6H3. The molecular formula is C14H31OP.